The summed E-state index contributed by atoms with van der Waals surface area (Å²) in [6.07, 6.45) is 5.31. The maximum Gasteiger partial charge on any atom is 0.0808 e. The Morgan fingerprint density at radius 3 is 2.94 bits per heavy atom. The summed E-state index contributed by atoms with van der Waals surface area (Å²) in [6, 6.07) is 2.89. The number of nitriles is 1. The molecule has 1 rings (SSSR count). The summed E-state index contributed by atoms with van der Waals surface area (Å²) in [6.45, 7) is 5.87. The van der Waals surface area contributed by atoms with E-state index in [1.54, 1.807) is 11.8 Å². The molecule has 0 aromatic heterocycles. The average molecular weight is 240 g/mol. The van der Waals surface area contributed by atoms with E-state index in [0.717, 1.165) is 30.2 Å². The third-order valence-corrected chi connectivity index (χ3v) is 4.66. The molecular weight excluding hydrogens is 216 g/mol. The van der Waals surface area contributed by atoms with Gasteiger partial charge in [-0.15, -0.1) is 11.8 Å². The summed E-state index contributed by atoms with van der Waals surface area (Å²) in [5, 5.41) is 12.1. The molecule has 0 aromatic rings. The number of hydrogen-bond donors (Lipinski definition) is 1. The van der Waals surface area contributed by atoms with Crippen LogP contribution in [-0.2, 0) is 0 Å². The van der Waals surface area contributed by atoms with E-state index in [-0.39, 0.29) is 0 Å². The van der Waals surface area contributed by atoms with Gasteiger partial charge in [-0.2, -0.15) is 5.26 Å². The lowest BCUT2D eigenvalue weighted by Crippen LogP contribution is -2.41. The zero-order valence-electron chi connectivity index (χ0n) is 10.5. The Hall–Kier alpha value is -0.200. The van der Waals surface area contributed by atoms with Crippen molar-refractivity contribution in [3.8, 4) is 6.07 Å². The van der Waals surface area contributed by atoms with Gasteiger partial charge >= 0.3 is 0 Å². The van der Waals surface area contributed by atoms with Crippen molar-refractivity contribution in [3.63, 3.8) is 0 Å². The van der Waals surface area contributed by atoms with E-state index in [1.165, 1.54) is 25.7 Å². The number of thioether (sulfide) groups is 1. The van der Waals surface area contributed by atoms with Gasteiger partial charge in [0.2, 0.25) is 0 Å². The second-order valence-corrected chi connectivity index (χ2v) is 6.00. The molecule has 0 spiro atoms. The average Bonchev–Trinajstić information content (AvgIpc) is 2.29. The van der Waals surface area contributed by atoms with E-state index in [0.29, 0.717) is 5.75 Å². The first-order chi connectivity index (χ1) is 7.75. The Balaban J connectivity index is 2.06. The molecule has 1 fully saturated rings. The van der Waals surface area contributed by atoms with Crippen molar-refractivity contribution in [1.29, 1.82) is 5.26 Å². The first-order valence-electron chi connectivity index (χ1n) is 6.43. The first kappa shape index (κ1) is 13.9. The Bertz CT molecular complexity index is 224. The van der Waals surface area contributed by atoms with Crippen LogP contribution in [0.25, 0.3) is 0 Å². The summed E-state index contributed by atoms with van der Waals surface area (Å²) in [5.74, 6) is 3.44. The normalized spacial score (nSPS) is 29.9. The predicted molar refractivity (Wildman–Crippen MR) is 71.5 cm³/mol. The highest BCUT2D eigenvalue weighted by Gasteiger charge is 2.25. The zero-order chi connectivity index (χ0) is 11.8. The third-order valence-electron chi connectivity index (χ3n) is 3.75. The molecular formula is C13H24N2S. The van der Waals surface area contributed by atoms with Gasteiger partial charge in [-0.25, -0.2) is 0 Å². The van der Waals surface area contributed by atoms with Crippen LogP contribution in [0.15, 0.2) is 0 Å². The lowest BCUT2D eigenvalue weighted by molar-refractivity contribution is 0.207. The van der Waals surface area contributed by atoms with Crippen molar-refractivity contribution >= 4 is 11.8 Å². The summed E-state index contributed by atoms with van der Waals surface area (Å²) in [5.41, 5.74) is 0. The molecule has 1 N–H and O–H groups in total. The monoisotopic (exact) mass is 240 g/mol. The topological polar surface area (TPSA) is 35.8 Å². The molecule has 3 heteroatoms. The van der Waals surface area contributed by atoms with Crippen LogP contribution >= 0.6 is 11.8 Å². The molecule has 0 unspecified atom stereocenters. The van der Waals surface area contributed by atoms with Gasteiger partial charge in [-0.3, -0.25) is 0 Å². The first-order valence-corrected chi connectivity index (χ1v) is 7.59. The maximum absolute atomic E-state index is 8.40. The number of nitrogens with zero attached hydrogens (tertiary/aromatic N) is 1. The van der Waals surface area contributed by atoms with Crippen molar-refractivity contribution in [1.82, 2.24) is 5.32 Å². The van der Waals surface area contributed by atoms with E-state index in [4.69, 9.17) is 5.26 Å². The van der Waals surface area contributed by atoms with Gasteiger partial charge in [0, 0.05) is 6.04 Å². The van der Waals surface area contributed by atoms with E-state index in [2.05, 4.69) is 25.2 Å². The van der Waals surface area contributed by atoms with Crippen LogP contribution < -0.4 is 5.32 Å². The zero-order valence-corrected chi connectivity index (χ0v) is 11.4. The minimum Gasteiger partial charge on any atom is -0.314 e. The number of nitrogens with one attached hydrogen (secondary N) is 1. The quantitative estimate of drug-likeness (QED) is 0.725. The number of hydrogen-bond acceptors (Lipinski definition) is 3. The SMILES string of the molecule is C[C@H]1[C@@H](NCCCSCC#N)CCC[C@@H]1C. The van der Waals surface area contributed by atoms with E-state index >= 15 is 0 Å². The largest absolute Gasteiger partial charge is 0.314 e. The van der Waals surface area contributed by atoms with Gasteiger partial charge in [0.15, 0.2) is 0 Å². The van der Waals surface area contributed by atoms with Crippen LogP contribution in [-0.4, -0.2) is 24.1 Å². The molecule has 1 saturated carbocycles. The summed E-state index contributed by atoms with van der Waals surface area (Å²) >= 11 is 1.74. The molecule has 0 aromatic carbocycles. The molecule has 0 heterocycles. The van der Waals surface area contributed by atoms with E-state index in [1.807, 2.05) is 0 Å². The van der Waals surface area contributed by atoms with Gasteiger partial charge in [-0.1, -0.05) is 26.7 Å². The lowest BCUT2D eigenvalue weighted by Gasteiger charge is -2.34. The molecule has 2 nitrogen and oxygen atoms in total. The highest BCUT2D eigenvalue weighted by molar-refractivity contribution is 7.99. The number of rotatable bonds is 6. The summed E-state index contributed by atoms with van der Waals surface area (Å²) in [4.78, 5) is 0. The molecule has 0 amide bonds. The molecule has 3 atom stereocenters. The highest BCUT2D eigenvalue weighted by Crippen LogP contribution is 2.29. The molecule has 1 aliphatic rings. The van der Waals surface area contributed by atoms with E-state index < -0.39 is 0 Å². The van der Waals surface area contributed by atoms with Gasteiger partial charge in [0.1, 0.15) is 0 Å². The smallest absolute Gasteiger partial charge is 0.0808 e. The molecule has 1 aliphatic carbocycles. The molecule has 0 radical (unpaired) electrons. The van der Waals surface area contributed by atoms with Crippen molar-refractivity contribution in [2.45, 2.75) is 45.6 Å². The Kier molecular flexibility index (Phi) is 6.91. The lowest BCUT2D eigenvalue weighted by atomic mass is 9.78. The fourth-order valence-corrected chi connectivity index (χ4v) is 3.03. The van der Waals surface area contributed by atoms with Crippen molar-refractivity contribution in [3.05, 3.63) is 0 Å². The Morgan fingerprint density at radius 2 is 2.19 bits per heavy atom. The molecule has 16 heavy (non-hydrogen) atoms. The molecule has 0 bridgehead atoms. The fourth-order valence-electron chi connectivity index (χ4n) is 2.45. The van der Waals surface area contributed by atoms with Gasteiger partial charge in [0.05, 0.1) is 11.8 Å². The highest BCUT2D eigenvalue weighted by atomic mass is 32.2. The second kappa shape index (κ2) is 7.97. The maximum atomic E-state index is 8.40. The van der Waals surface area contributed by atoms with Crippen LogP contribution in [0, 0.1) is 23.2 Å². The molecule has 0 aliphatic heterocycles. The van der Waals surface area contributed by atoms with Gasteiger partial charge in [0.25, 0.3) is 0 Å². The van der Waals surface area contributed by atoms with Crippen LogP contribution in [0.3, 0.4) is 0 Å². The van der Waals surface area contributed by atoms with E-state index in [9.17, 15) is 0 Å². The van der Waals surface area contributed by atoms with Crippen molar-refractivity contribution in [2.75, 3.05) is 18.1 Å². The predicted octanol–water partition coefficient (Wildman–Crippen LogP) is 3.05. The second-order valence-electron chi connectivity index (χ2n) is 4.89. The fraction of sp³-hybridized carbons (Fsp3) is 0.923. The van der Waals surface area contributed by atoms with Crippen LogP contribution in [0.5, 0.6) is 0 Å². The van der Waals surface area contributed by atoms with Crippen LogP contribution in [0.1, 0.15) is 39.5 Å². The minimum absolute atomic E-state index is 0.636. The minimum atomic E-state index is 0.636. The van der Waals surface area contributed by atoms with Crippen molar-refractivity contribution < 1.29 is 0 Å². The van der Waals surface area contributed by atoms with Crippen LogP contribution in [0.4, 0.5) is 0 Å². The Labute approximate surface area is 104 Å². The third kappa shape index (κ3) is 4.76. The van der Waals surface area contributed by atoms with Crippen LogP contribution in [0.2, 0.25) is 0 Å². The summed E-state index contributed by atoms with van der Waals surface area (Å²) in [7, 11) is 0. The van der Waals surface area contributed by atoms with Crippen molar-refractivity contribution in [2.24, 2.45) is 11.8 Å². The van der Waals surface area contributed by atoms with Gasteiger partial charge in [-0.05, 0) is 37.0 Å². The molecule has 0 saturated heterocycles. The van der Waals surface area contributed by atoms with Gasteiger partial charge < -0.3 is 5.32 Å². The molecule has 92 valence electrons. The summed E-state index contributed by atoms with van der Waals surface area (Å²) < 4.78 is 0. The standard InChI is InChI=1S/C13H24N2S/c1-11-5-3-6-13(12(11)2)15-8-4-9-16-10-7-14/h11-13,15H,3-6,8-10H2,1-2H3/t11-,12+,13-/m0/s1. The Morgan fingerprint density at radius 1 is 1.38 bits per heavy atom.